The predicted molar refractivity (Wildman–Crippen MR) is 72.4 cm³/mol. The molecule has 2 heteroatoms. The molecule has 1 unspecified atom stereocenters. The molecule has 17 heavy (non-hydrogen) atoms. The van der Waals surface area contributed by atoms with Gasteiger partial charge in [-0.1, -0.05) is 31.0 Å². The van der Waals surface area contributed by atoms with E-state index in [0.717, 1.165) is 12.1 Å². The molecule has 0 bridgehead atoms. The Morgan fingerprint density at radius 3 is 2.76 bits per heavy atom. The lowest BCUT2D eigenvalue weighted by molar-refractivity contribution is 0.199. The van der Waals surface area contributed by atoms with Crippen molar-refractivity contribution in [3.63, 3.8) is 0 Å². The quantitative estimate of drug-likeness (QED) is 0.845. The molecule has 1 aliphatic heterocycles. The summed E-state index contributed by atoms with van der Waals surface area (Å²) in [6.07, 6.45) is 4.79. The monoisotopic (exact) mass is 233 g/mol. The molecule has 0 amide bonds. The van der Waals surface area contributed by atoms with E-state index in [0.29, 0.717) is 6.04 Å². The summed E-state index contributed by atoms with van der Waals surface area (Å²) in [6, 6.07) is 8.84. The molecule has 0 aliphatic carbocycles. The molecule has 1 fully saturated rings. The van der Waals surface area contributed by atoms with Crippen molar-refractivity contribution in [2.24, 2.45) is 0 Å². The van der Waals surface area contributed by atoms with Crippen LogP contribution in [0.15, 0.2) is 24.3 Å². The Morgan fingerprint density at radius 1 is 1.24 bits per heavy atom. The van der Waals surface area contributed by atoms with Crippen molar-refractivity contribution in [3.05, 3.63) is 29.8 Å². The maximum absolute atomic E-state index is 9.87. The maximum atomic E-state index is 9.87. The van der Waals surface area contributed by atoms with E-state index in [2.05, 4.69) is 24.0 Å². The minimum atomic E-state index is -0.387. The average molecular weight is 233 g/mol. The van der Waals surface area contributed by atoms with Crippen LogP contribution in [0.1, 0.15) is 51.2 Å². The van der Waals surface area contributed by atoms with E-state index in [9.17, 15) is 5.11 Å². The Kier molecular flexibility index (Phi) is 4.06. The molecule has 1 saturated heterocycles. The lowest BCUT2D eigenvalue weighted by atomic mass is 10.1. The fourth-order valence-corrected chi connectivity index (χ4v) is 2.74. The van der Waals surface area contributed by atoms with Gasteiger partial charge in [-0.05, 0) is 32.8 Å². The summed E-state index contributed by atoms with van der Waals surface area (Å²) in [4.78, 5) is 2.47. The number of hydrogen-bond donors (Lipinski definition) is 1. The van der Waals surface area contributed by atoms with Crippen LogP contribution in [0.2, 0.25) is 0 Å². The van der Waals surface area contributed by atoms with Gasteiger partial charge in [0, 0.05) is 23.8 Å². The lowest BCUT2D eigenvalue weighted by Crippen LogP contribution is -2.33. The van der Waals surface area contributed by atoms with E-state index in [-0.39, 0.29) is 6.10 Å². The van der Waals surface area contributed by atoms with Gasteiger partial charge in [-0.3, -0.25) is 0 Å². The zero-order valence-corrected chi connectivity index (χ0v) is 10.9. The Morgan fingerprint density at radius 2 is 2.00 bits per heavy atom. The van der Waals surface area contributed by atoms with Crippen molar-refractivity contribution < 1.29 is 5.11 Å². The molecule has 2 rings (SSSR count). The molecule has 1 aromatic rings. The number of aliphatic hydroxyl groups is 1. The van der Waals surface area contributed by atoms with Crippen molar-refractivity contribution in [1.29, 1.82) is 0 Å². The largest absolute Gasteiger partial charge is 0.389 e. The van der Waals surface area contributed by atoms with Crippen LogP contribution in [0.25, 0.3) is 0 Å². The summed E-state index contributed by atoms with van der Waals surface area (Å²) in [5, 5.41) is 9.87. The molecule has 1 N–H and O–H groups in total. The third-order valence-electron chi connectivity index (χ3n) is 3.75. The molecular formula is C15H23NO. The van der Waals surface area contributed by atoms with Crippen LogP contribution in [0.4, 0.5) is 5.69 Å². The molecule has 1 aromatic carbocycles. The van der Waals surface area contributed by atoms with E-state index < -0.39 is 0 Å². The van der Waals surface area contributed by atoms with E-state index in [1.807, 2.05) is 19.1 Å². The second-order valence-electron chi connectivity index (χ2n) is 5.13. The molecule has 0 radical (unpaired) electrons. The minimum absolute atomic E-state index is 0.387. The smallest absolute Gasteiger partial charge is 0.0781 e. The summed E-state index contributed by atoms with van der Waals surface area (Å²) in [5.74, 6) is 0. The molecule has 94 valence electrons. The highest BCUT2D eigenvalue weighted by atomic mass is 16.3. The first-order chi connectivity index (χ1) is 8.20. The highest BCUT2D eigenvalue weighted by molar-refractivity contribution is 5.55. The van der Waals surface area contributed by atoms with Gasteiger partial charge in [0.15, 0.2) is 0 Å². The summed E-state index contributed by atoms with van der Waals surface area (Å²) >= 11 is 0. The standard InChI is InChI=1S/C15H23NO/c1-12-8-4-3-7-11-16(12)15-10-6-5-9-14(15)13(2)17/h5-6,9-10,12-13,17H,3-4,7-8,11H2,1-2H3/t12?,13-/m1/s1. The average Bonchev–Trinajstić information content (AvgIpc) is 2.54. The van der Waals surface area contributed by atoms with Gasteiger partial charge in [0.25, 0.3) is 0 Å². The lowest BCUT2D eigenvalue weighted by Gasteiger charge is -2.32. The Labute approximate surface area is 104 Å². The van der Waals surface area contributed by atoms with Crippen LogP contribution in [-0.4, -0.2) is 17.7 Å². The van der Waals surface area contributed by atoms with Gasteiger partial charge in [-0.2, -0.15) is 0 Å². The summed E-state index contributed by atoms with van der Waals surface area (Å²) in [6.45, 7) is 5.26. The molecule has 0 saturated carbocycles. The van der Waals surface area contributed by atoms with E-state index in [1.54, 1.807) is 0 Å². The van der Waals surface area contributed by atoms with Crippen molar-refractivity contribution in [2.45, 2.75) is 51.7 Å². The van der Waals surface area contributed by atoms with Crippen molar-refractivity contribution >= 4 is 5.69 Å². The number of para-hydroxylation sites is 1. The second kappa shape index (κ2) is 5.54. The molecule has 0 spiro atoms. The van der Waals surface area contributed by atoms with Crippen LogP contribution < -0.4 is 4.90 Å². The van der Waals surface area contributed by atoms with Crippen LogP contribution in [0.3, 0.4) is 0 Å². The van der Waals surface area contributed by atoms with Gasteiger partial charge in [0.1, 0.15) is 0 Å². The number of benzene rings is 1. The van der Waals surface area contributed by atoms with Crippen LogP contribution in [-0.2, 0) is 0 Å². The van der Waals surface area contributed by atoms with E-state index in [1.165, 1.54) is 31.4 Å². The molecule has 1 heterocycles. The zero-order chi connectivity index (χ0) is 12.3. The summed E-state index contributed by atoms with van der Waals surface area (Å²) < 4.78 is 0. The third kappa shape index (κ3) is 2.81. The topological polar surface area (TPSA) is 23.5 Å². The number of nitrogens with zero attached hydrogens (tertiary/aromatic N) is 1. The summed E-state index contributed by atoms with van der Waals surface area (Å²) in [5.41, 5.74) is 2.28. The van der Waals surface area contributed by atoms with Crippen molar-refractivity contribution in [1.82, 2.24) is 0 Å². The van der Waals surface area contributed by atoms with Crippen LogP contribution in [0.5, 0.6) is 0 Å². The fraction of sp³-hybridized carbons (Fsp3) is 0.600. The highest BCUT2D eigenvalue weighted by Crippen LogP contribution is 2.30. The van der Waals surface area contributed by atoms with Gasteiger partial charge in [-0.25, -0.2) is 0 Å². The van der Waals surface area contributed by atoms with Crippen LogP contribution in [0, 0.1) is 0 Å². The van der Waals surface area contributed by atoms with Crippen molar-refractivity contribution in [3.8, 4) is 0 Å². The summed E-state index contributed by atoms with van der Waals surface area (Å²) in [7, 11) is 0. The fourth-order valence-electron chi connectivity index (χ4n) is 2.74. The zero-order valence-electron chi connectivity index (χ0n) is 10.9. The number of anilines is 1. The maximum Gasteiger partial charge on any atom is 0.0781 e. The number of rotatable bonds is 2. The van der Waals surface area contributed by atoms with E-state index in [4.69, 9.17) is 0 Å². The molecule has 2 nitrogen and oxygen atoms in total. The van der Waals surface area contributed by atoms with Crippen LogP contribution >= 0.6 is 0 Å². The van der Waals surface area contributed by atoms with Gasteiger partial charge in [0.2, 0.25) is 0 Å². The van der Waals surface area contributed by atoms with E-state index >= 15 is 0 Å². The van der Waals surface area contributed by atoms with Gasteiger partial charge >= 0.3 is 0 Å². The molecule has 2 atom stereocenters. The molecule has 0 aromatic heterocycles. The predicted octanol–water partition coefficient (Wildman–Crippen LogP) is 3.51. The highest BCUT2D eigenvalue weighted by Gasteiger charge is 2.20. The second-order valence-corrected chi connectivity index (χ2v) is 5.13. The molecule has 1 aliphatic rings. The van der Waals surface area contributed by atoms with Gasteiger partial charge < -0.3 is 10.0 Å². The first-order valence-electron chi connectivity index (χ1n) is 6.74. The Balaban J connectivity index is 2.30. The number of hydrogen-bond acceptors (Lipinski definition) is 2. The first-order valence-corrected chi connectivity index (χ1v) is 6.74. The normalized spacial score (nSPS) is 23.2. The molecular weight excluding hydrogens is 210 g/mol. The minimum Gasteiger partial charge on any atom is -0.389 e. The van der Waals surface area contributed by atoms with Gasteiger partial charge in [-0.15, -0.1) is 0 Å². The number of aliphatic hydroxyl groups excluding tert-OH is 1. The first kappa shape index (κ1) is 12.4. The Bertz CT molecular complexity index is 362. The van der Waals surface area contributed by atoms with Gasteiger partial charge in [0.05, 0.1) is 6.10 Å². The Hall–Kier alpha value is -1.02. The third-order valence-corrected chi connectivity index (χ3v) is 3.75. The van der Waals surface area contributed by atoms with Crippen molar-refractivity contribution in [2.75, 3.05) is 11.4 Å². The SMILES string of the molecule is CC1CCCCCN1c1ccccc1[C@@H](C)O.